The zero-order valence-electron chi connectivity index (χ0n) is 7.18. The molecule has 0 aromatic rings. The summed E-state index contributed by atoms with van der Waals surface area (Å²) in [5, 5.41) is 3.09. The molecule has 1 rings (SSSR count). The van der Waals surface area contributed by atoms with E-state index in [1.54, 1.807) is 6.92 Å². The molecule has 0 spiro atoms. The van der Waals surface area contributed by atoms with Crippen LogP contribution in [0.15, 0.2) is 12.7 Å². The predicted molar refractivity (Wildman–Crippen MR) is 45.4 cm³/mol. The molecule has 2 heteroatoms. The fourth-order valence-electron chi connectivity index (χ4n) is 1.73. The first-order valence-electron chi connectivity index (χ1n) is 3.98. The lowest BCUT2D eigenvalue weighted by atomic mass is 10.1. The maximum Gasteiger partial charge on any atom is 0.150 e. The van der Waals surface area contributed by atoms with E-state index in [1.807, 2.05) is 13.1 Å². The summed E-state index contributed by atoms with van der Waals surface area (Å²) in [6.45, 7) is 5.31. The second kappa shape index (κ2) is 2.78. The number of hydrogen-bond acceptors (Lipinski definition) is 2. The summed E-state index contributed by atoms with van der Waals surface area (Å²) >= 11 is 0. The van der Waals surface area contributed by atoms with Gasteiger partial charge in [0.1, 0.15) is 5.78 Å². The third kappa shape index (κ3) is 1.23. The number of hydrogen-bond donors (Lipinski definition) is 1. The number of allylic oxidation sites excluding steroid dienone is 1. The normalized spacial score (nSPS) is 34.9. The van der Waals surface area contributed by atoms with Gasteiger partial charge in [-0.1, -0.05) is 6.08 Å². The standard InChI is InChI=1S/C9H15NO/c1-4-5-8-6-9(8,10-3)7(2)11/h4,8,10H,1,5-6H2,2-3H3. The van der Waals surface area contributed by atoms with Gasteiger partial charge in [0.05, 0.1) is 5.54 Å². The van der Waals surface area contributed by atoms with Gasteiger partial charge in [-0.3, -0.25) is 4.79 Å². The molecule has 0 aromatic carbocycles. The lowest BCUT2D eigenvalue weighted by molar-refractivity contribution is -0.120. The number of likely N-dealkylation sites (N-methyl/N-ethyl adjacent to an activating group) is 1. The largest absolute Gasteiger partial charge is 0.308 e. The molecule has 1 N–H and O–H groups in total. The van der Waals surface area contributed by atoms with Crippen molar-refractivity contribution in [3.63, 3.8) is 0 Å². The summed E-state index contributed by atoms with van der Waals surface area (Å²) in [5.41, 5.74) is -0.200. The van der Waals surface area contributed by atoms with E-state index in [9.17, 15) is 4.79 Å². The molecular formula is C9H15NO. The predicted octanol–water partition coefficient (Wildman–Crippen LogP) is 1.13. The van der Waals surface area contributed by atoms with Crippen LogP contribution in [-0.2, 0) is 4.79 Å². The maximum absolute atomic E-state index is 11.1. The molecule has 1 saturated carbocycles. The van der Waals surface area contributed by atoms with Crippen molar-refractivity contribution in [1.29, 1.82) is 0 Å². The Balaban J connectivity index is 2.56. The molecule has 2 unspecified atom stereocenters. The van der Waals surface area contributed by atoms with Crippen molar-refractivity contribution in [2.24, 2.45) is 5.92 Å². The molecule has 2 nitrogen and oxygen atoms in total. The Hall–Kier alpha value is -0.630. The van der Waals surface area contributed by atoms with Crippen molar-refractivity contribution in [2.75, 3.05) is 7.05 Å². The second-order valence-corrected chi connectivity index (χ2v) is 3.20. The SMILES string of the molecule is C=CCC1CC1(NC)C(C)=O. The van der Waals surface area contributed by atoms with Crippen molar-refractivity contribution in [1.82, 2.24) is 5.32 Å². The van der Waals surface area contributed by atoms with Crippen LogP contribution in [-0.4, -0.2) is 18.4 Å². The summed E-state index contributed by atoms with van der Waals surface area (Å²) < 4.78 is 0. The average molecular weight is 153 g/mol. The average Bonchev–Trinajstić information content (AvgIpc) is 2.65. The quantitative estimate of drug-likeness (QED) is 0.613. The molecule has 0 aliphatic heterocycles. The highest BCUT2D eigenvalue weighted by molar-refractivity contribution is 5.89. The molecule has 11 heavy (non-hydrogen) atoms. The highest BCUT2D eigenvalue weighted by Crippen LogP contribution is 2.46. The molecule has 2 atom stereocenters. The van der Waals surface area contributed by atoms with Crippen LogP contribution >= 0.6 is 0 Å². The minimum absolute atomic E-state index is 0.200. The highest BCUT2D eigenvalue weighted by Gasteiger charge is 2.55. The van der Waals surface area contributed by atoms with Crippen molar-refractivity contribution in [2.45, 2.75) is 25.3 Å². The van der Waals surface area contributed by atoms with Crippen LogP contribution in [0.4, 0.5) is 0 Å². The summed E-state index contributed by atoms with van der Waals surface area (Å²) in [6, 6.07) is 0. The first-order chi connectivity index (χ1) is 5.17. The maximum atomic E-state index is 11.1. The van der Waals surface area contributed by atoms with Crippen LogP contribution in [0, 0.1) is 5.92 Å². The van der Waals surface area contributed by atoms with E-state index in [4.69, 9.17) is 0 Å². The van der Waals surface area contributed by atoms with E-state index in [1.165, 1.54) is 0 Å². The minimum Gasteiger partial charge on any atom is -0.308 e. The molecule has 1 aliphatic rings. The van der Waals surface area contributed by atoms with Gasteiger partial charge < -0.3 is 5.32 Å². The third-order valence-corrected chi connectivity index (χ3v) is 2.63. The van der Waals surface area contributed by atoms with Crippen molar-refractivity contribution < 1.29 is 4.79 Å². The Morgan fingerprint density at radius 2 is 2.55 bits per heavy atom. The Kier molecular flexibility index (Phi) is 2.14. The van der Waals surface area contributed by atoms with Crippen LogP contribution in [0.5, 0.6) is 0 Å². The first kappa shape index (κ1) is 8.47. The Morgan fingerprint density at radius 1 is 1.91 bits per heavy atom. The molecule has 1 fully saturated rings. The summed E-state index contributed by atoms with van der Waals surface area (Å²) in [5.74, 6) is 0.745. The number of carbonyl (C=O) groups is 1. The zero-order chi connectivity index (χ0) is 8.48. The lowest BCUT2D eigenvalue weighted by Gasteiger charge is -2.10. The van der Waals surface area contributed by atoms with Gasteiger partial charge in [0.15, 0.2) is 0 Å². The van der Waals surface area contributed by atoms with E-state index in [0.717, 1.165) is 12.8 Å². The van der Waals surface area contributed by atoms with E-state index in [2.05, 4.69) is 11.9 Å². The zero-order valence-corrected chi connectivity index (χ0v) is 7.18. The Bertz CT molecular complexity index is 188. The lowest BCUT2D eigenvalue weighted by Crippen LogP contribution is -2.37. The van der Waals surface area contributed by atoms with Crippen LogP contribution in [0.2, 0.25) is 0 Å². The molecule has 1 aliphatic carbocycles. The third-order valence-electron chi connectivity index (χ3n) is 2.63. The Labute approximate surface area is 67.7 Å². The molecule has 0 saturated heterocycles. The molecule has 0 aromatic heterocycles. The fraction of sp³-hybridized carbons (Fsp3) is 0.667. The van der Waals surface area contributed by atoms with Gasteiger partial charge >= 0.3 is 0 Å². The molecular weight excluding hydrogens is 138 g/mol. The van der Waals surface area contributed by atoms with Crippen LogP contribution < -0.4 is 5.32 Å². The number of carbonyl (C=O) groups excluding carboxylic acids is 1. The van der Waals surface area contributed by atoms with Crippen molar-refractivity contribution in [3.05, 3.63) is 12.7 Å². The molecule has 0 radical (unpaired) electrons. The number of ketones is 1. The second-order valence-electron chi connectivity index (χ2n) is 3.20. The highest BCUT2D eigenvalue weighted by atomic mass is 16.1. The van der Waals surface area contributed by atoms with Gasteiger partial charge in [-0.2, -0.15) is 0 Å². The van der Waals surface area contributed by atoms with Crippen LogP contribution in [0.3, 0.4) is 0 Å². The smallest absolute Gasteiger partial charge is 0.150 e. The van der Waals surface area contributed by atoms with Gasteiger partial charge in [-0.05, 0) is 32.7 Å². The van der Waals surface area contributed by atoms with Gasteiger partial charge in [-0.25, -0.2) is 0 Å². The van der Waals surface area contributed by atoms with E-state index in [0.29, 0.717) is 5.92 Å². The molecule has 0 heterocycles. The van der Waals surface area contributed by atoms with E-state index < -0.39 is 0 Å². The summed E-state index contributed by atoms with van der Waals surface area (Å²) in [7, 11) is 1.85. The van der Waals surface area contributed by atoms with Gasteiger partial charge in [0.25, 0.3) is 0 Å². The molecule has 0 bridgehead atoms. The molecule has 62 valence electrons. The minimum atomic E-state index is -0.200. The van der Waals surface area contributed by atoms with Gasteiger partial charge in [0.2, 0.25) is 0 Å². The molecule has 0 amide bonds. The topological polar surface area (TPSA) is 29.1 Å². The van der Waals surface area contributed by atoms with Gasteiger partial charge in [0, 0.05) is 0 Å². The van der Waals surface area contributed by atoms with Crippen LogP contribution in [0.25, 0.3) is 0 Å². The van der Waals surface area contributed by atoms with Gasteiger partial charge in [-0.15, -0.1) is 6.58 Å². The van der Waals surface area contributed by atoms with E-state index in [-0.39, 0.29) is 11.3 Å². The summed E-state index contributed by atoms with van der Waals surface area (Å²) in [4.78, 5) is 11.1. The monoisotopic (exact) mass is 153 g/mol. The number of nitrogens with one attached hydrogen (secondary N) is 1. The van der Waals surface area contributed by atoms with Crippen LogP contribution in [0.1, 0.15) is 19.8 Å². The summed E-state index contributed by atoms with van der Waals surface area (Å²) in [6.07, 6.45) is 3.80. The Morgan fingerprint density at radius 3 is 2.82 bits per heavy atom. The van der Waals surface area contributed by atoms with Crippen molar-refractivity contribution in [3.8, 4) is 0 Å². The number of rotatable bonds is 4. The van der Waals surface area contributed by atoms with Crippen molar-refractivity contribution >= 4 is 5.78 Å². The fourth-order valence-corrected chi connectivity index (χ4v) is 1.73. The van der Waals surface area contributed by atoms with E-state index >= 15 is 0 Å². The number of Topliss-reactive ketones (excluding diaryl/α,β-unsaturated/α-hetero) is 1. The first-order valence-corrected chi connectivity index (χ1v) is 3.98.